The molecule has 154 valence electrons. The van der Waals surface area contributed by atoms with Gasteiger partial charge >= 0.3 is 6.09 Å². The van der Waals surface area contributed by atoms with E-state index in [9.17, 15) is 27.1 Å². The molecule has 2 heterocycles. The maximum Gasteiger partial charge on any atom is 0.408 e. The normalized spacial score (nSPS) is 16.5. The highest BCUT2D eigenvalue weighted by molar-refractivity contribution is 7.92. The number of carboxylic acid groups (broad SMARTS) is 1. The molecule has 0 saturated carbocycles. The Kier molecular flexibility index (Phi) is 5.69. The third-order valence-electron chi connectivity index (χ3n) is 4.27. The Labute approximate surface area is 165 Å². The van der Waals surface area contributed by atoms with Crippen molar-refractivity contribution < 1.29 is 31.8 Å². The summed E-state index contributed by atoms with van der Waals surface area (Å²) in [5.41, 5.74) is 0.277. The topological polar surface area (TPSA) is 109 Å². The van der Waals surface area contributed by atoms with Crippen molar-refractivity contribution in [2.75, 3.05) is 18.4 Å². The van der Waals surface area contributed by atoms with Gasteiger partial charge in [0.2, 0.25) is 5.88 Å². The van der Waals surface area contributed by atoms with Gasteiger partial charge in [-0.15, -0.1) is 0 Å². The number of hydrogen-bond acceptors (Lipinski definition) is 5. The molecule has 1 aromatic heterocycles. The molecular formula is C18H17F2N3O5S. The summed E-state index contributed by atoms with van der Waals surface area (Å²) in [6.07, 6.45) is 4.26. The predicted octanol–water partition coefficient (Wildman–Crippen LogP) is 3.15. The first-order valence-corrected chi connectivity index (χ1v) is 9.89. The molecule has 3 rings (SSSR count). The lowest BCUT2D eigenvalue weighted by molar-refractivity contribution is 0.132. The van der Waals surface area contributed by atoms with Crippen molar-refractivity contribution in [3.05, 3.63) is 59.8 Å². The maximum absolute atomic E-state index is 14.0. The summed E-state index contributed by atoms with van der Waals surface area (Å²) in [7, 11) is -3.16. The monoisotopic (exact) mass is 425 g/mol. The van der Waals surface area contributed by atoms with E-state index in [1.807, 2.05) is 6.08 Å². The number of amides is 1. The number of benzene rings is 1. The van der Waals surface area contributed by atoms with Crippen LogP contribution in [-0.2, 0) is 10.0 Å². The quantitative estimate of drug-likeness (QED) is 0.713. The molecule has 0 spiro atoms. The summed E-state index contributed by atoms with van der Waals surface area (Å²) in [6, 6.07) is 2.76. The van der Waals surface area contributed by atoms with Crippen LogP contribution in [-0.4, -0.2) is 43.2 Å². The zero-order valence-corrected chi connectivity index (χ0v) is 16.0. The summed E-state index contributed by atoms with van der Waals surface area (Å²) in [4.78, 5) is 15.9. The van der Waals surface area contributed by atoms with Crippen LogP contribution in [0.15, 0.2) is 47.5 Å². The summed E-state index contributed by atoms with van der Waals surface area (Å²) >= 11 is 0. The number of sulfonamides is 1. The van der Waals surface area contributed by atoms with Crippen molar-refractivity contribution in [2.24, 2.45) is 0 Å². The molecule has 0 fully saturated rings. The van der Waals surface area contributed by atoms with Crippen LogP contribution in [0.4, 0.5) is 19.3 Å². The van der Waals surface area contributed by atoms with E-state index in [2.05, 4.69) is 9.71 Å². The van der Waals surface area contributed by atoms with Gasteiger partial charge in [-0.2, -0.15) is 0 Å². The first-order chi connectivity index (χ1) is 13.7. The van der Waals surface area contributed by atoms with Gasteiger partial charge in [0.25, 0.3) is 10.0 Å². The van der Waals surface area contributed by atoms with E-state index >= 15 is 0 Å². The lowest BCUT2D eigenvalue weighted by atomic mass is 10.0. The molecule has 1 amide bonds. The predicted molar refractivity (Wildman–Crippen MR) is 99.2 cm³/mol. The molecule has 1 unspecified atom stereocenters. The summed E-state index contributed by atoms with van der Waals surface area (Å²) in [6.45, 7) is 0.268. The van der Waals surface area contributed by atoms with E-state index in [0.29, 0.717) is 18.1 Å². The Morgan fingerprint density at radius 2 is 2.10 bits per heavy atom. The average Bonchev–Trinajstić information content (AvgIpc) is 2.67. The van der Waals surface area contributed by atoms with Crippen LogP contribution < -0.4 is 9.46 Å². The van der Waals surface area contributed by atoms with E-state index < -0.39 is 38.7 Å². The fourth-order valence-electron chi connectivity index (χ4n) is 2.95. The molecule has 29 heavy (non-hydrogen) atoms. The number of pyridine rings is 1. The molecule has 0 radical (unpaired) electrons. The number of nitrogens with zero attached hydrogens (tertiary/aromatic N) is 2. The van der Waals surface area contributed by atoms with Gasteiger partial charge in [-0.3, -0.25) is 9.62 Å². The third-order valence-corrected chi connectivity index (χ3v) is 5.67. The molecule has 0 bridgehead atoms. The third kappa shape index (κ3) is 4.29. The van der Waals surface area contributed by atoms with Gasteiger partial charge in [0.1, 0.15) is 22.2 Å². The zero-order valence-electron chi connectivity index (χ0n) is 15.2. The van der Waals surface area contributed by atoms with Crippen LogP contribution in [0, 0.1) is 11.6 Å². The van der Waals surface area contributed by atoms with E-state index in [0.717, 1.165) is 12.1 Å². The minimum atomic E-state index is -4.43. The minimum Gasteiger partial charge on any atom is -0.480 e. The van der Waals surface area contributed by atoms with Gasteiger partial charge in [-0.05, 0) is 30.2 Å². The highest BCUT2D eigenvalue weighted by atomic mass is 32.2. The fraction of sp³-hybridized carbons (Fsp3) is 0.222. The number of anilines is 1. The van der Waals surface area contributed by atoms with Gasteiger partial charge in [0.15, 0.2) is 0 Å². The van der Waals surface area contributed by atoms with Crippen LogP contribution in [0.1, 0.15) is 18.0 Å². The number of aromatic nitrogens is 1. The van der Waals surface area contributed by atoms with Gasteiger partial charge in [0.05, 0.1) is 13.2 Å². The van der Waals surface area contributed by atoms with E-state index in [1.54, 1.807) is 6.08 Å². The van der Waals surface area contributed by atoms with Crippen molar-refractivity contribution in [3.8, 4) is 5.88 Å². The Morgan fingerprint density at radius 3 is 2.76 bits per heavy atom. The summed E-state index contributed by atoms with van der Waals surface area (Å²) < 4.78 is 59.4. The fourth-order valence-corrected chi connectivity index (χ4v) is 4.05. The molecular weight excluding hydrogens is 408 g/mol. The molecule has 0 saturated heterocycles. The van der Waals surface area contributed by atoms with Crippen molar-refractivity contribution in [2.45, 2.75) is 17.4 Å². The molecule has 2 aromatic rings. The molecule has 1 atom stereocenters. The first kappa shape index (κ1) is 20.5. The van der Waals surface area contributed by atoms with Crippen LogP contribution in [0.5, 0.6) is 5.88 Å². The highest BCUT2D eigenvalue weighted by Gasteiger charge is 2.27. The van der Waals surface area contributed by atoms with Crippen molar-refractivity contribution in [3.63, 3.8) is 0 Å². The molecule has 1 aliphatic rings. The van der Waals surface area contributed by atoms with Crippen LogP contribution in [0.3, 0.4) is 0 Å². The molecule has 2 N–H and O–H groups in total. The number of rotatable bonds is 5. The summed E-state index contributed by atoms with van der Waals surface area (Å²) in [5.74, 6) is -2.27. The number of hydrogen-bond donors (Lipinski definition) is 2. The van der Waals surface area contributed by atoms with Gasteiger partial charge < -0.3 is 9.84 Å². The Bertz CT molecular complexity index is 1080. The minimum absolute atomic E-state index is 0.0958. The zero-order chi connectivity index (χ0) is 21.2. The summed E-state index contributed by atoms with van der Waals surface area (Å²) in [5, 5.41) is 9.39. The number of carbonyl (C=O) groups is 1. The standard InChI is InChI=1S/C18H17F2N3O5S/c1-28-17-14(22-29(26,27)16-6-5-12(19)9-13(16)20)8-11(10-21-17)15-4-2-3-7-23(15)18(24)25/h2,4-6,8-10,15,22H,3,7H2,1H3,(H,24,25). The van der Waals surface area contributed by atoms with Crippen LogP contribution in [0.2, 0.25) is 0 Å². The van der Waals surface area contributed by atoms with Gasteiger partial charge in [0, 0.05) is 18.8 Å². The first-order valence-electron chi connectivity index (χ1n) is 8.41. The largest absolute Gasteiger partial charge is 0.480 e. The van der Waals surface area contributed by atoms with Crippen LogP contribution in [0.25, 0.3) is 0 Å². The SMILES string of the molecule is COc1ncc(C2C=CCCN2C(=O)O)cc1NS(=O)(=O)c1ccc(F)cc1F. The number of halogens is 2. The van der Waals surface area contributed by atoms with E-state index in [4.69, 9.17) is 4.74 Å². The molecule has 11 heteroatoms. The lowest BCUT2D eigenvalue weighted by Gasteiger charge is -2.30. The number of nitrogens with one attached hydrogen (secondary N) is 1. The molecule has 0 aliphatic carbocycles. The van der Waals surface area contributed by atoms with Gasteiger partial charge in [-0.25, -0.2) is 27.0 Å². The second kappa shape index (κ2) is 8.03. The molecule has 1 aliphatic heterocycles. The molecule has 8 nitrogen and oxygen atoms in total. The second-order valence-corrected chi connectivity index (χ2v) is 7.79. The van der Waals surface area contributed by atoms with Crippen molar-refractivity contribution >= 4 is 21.8 Å². The Balaban J connectivity index is 2.00. The van der Waals surface area contributed by atoms with Crippen LogP contribution >= 0.6 is 0 Å². The Morgan fingerprint density at radius 1 is 1.34 bits per heavy atom. The van der Waals surface area contributed by atoms with Gasteiger partial charge in [-0.1, -0.05) is 12.2 Å². The maximum atomic E-state index is 14.0. The Hall–Kier alpha value is -3.21. The van der Waals surface area contributed by atoms with Crippen molar-refractivity contribution in [1.29, 1.82) is 0 Å². The smallest absolute Gasteiger partial charge is 0.408 e. The average molecular weight is 425 g/mol. The molecule has 1 aromatic carbocycles. The van der Waals surface area contributed by atoms with E-state index in [-0.39, 0.29) is 18.1 Å². The highest BCUT2D eigenvalue weighted by Crippen LogP contribution is 2.32. The van der Waals surface area contributed by atoms with Crippen molar-refractivity contribution in [1.82, 2.24) is 9.88 Å². The lowest BCUT2D eigenvalue weighted by Crippen LogP contribution is -2.35. The van der Waals surface area contributed by atoms with E-state index in [1.165, 1.54) is 24.3 Å². The number of methoxy groups -OCH3 is 1. The second-order valence-electron chi connectivity index (χ2n) is 6.14. The number of ether oxygens (including phenoxy) is 1.